The summed E-state index contributed by atoms with van der Waals surface area (Å²) in [7, 11) is 0. The lowest BCUT2D eigenvalue weighted by Gasteiger charge is -2.38. The third-order valence-electron chi connectivity index (χ3n) is 3.36. The fraction of sp³-hybridized carbons (Fsp3) is 1.00. The summed E-state index contributed by atoms with van der Waals surface area (Å²) >= 11 is 0. The summed E-state index contributed by atoms with van der Waals surface area (Å²) in [6, 6.07) is 1.49. The molecule has 0 spiro atoms. The van der Waals surface area contributed by atoms with E-state index in [1.165, 1.54) is 38.9 Å². The van der Waals surface area contributed by atoms with Crippen LogP contribution in [0.2, 0.25) is 0 Å². The fourth-order valence-electron chi connectivity index (χ4n) is 2.62. The van der Waals surface area contributed by atoms with Gasteiger partial charge in [-0.05, 0) is 25.7 Å². The topological polar surface area (TPSA) is 15.3 Å². The maximum Gasteiger partial charge on any atom is 0.0195 e. The number of nitrogens with one attached hydrogen (secondary N) is 1. The molecule has 1 saturated heterocycles. The normalized spacial score (nSPS) is 25.8. The standard InChI is InChI=1S/C13H28N2/c1-5-6-13-10-15(8-7-14-13)12(4)9-11(2)3/h11-14H,5-10H2,1-4H3. The predicted molar refractivity (Wildman–Crippen MR) is 67.2 cm³/mol. The minimum absolute atomic E-state index is 0.735. The number of hydrogen-bond donors (Lipinski definition) is 1. The Balaban J connectivity index is 2.34. The van der Waals surface area contributed by atoms with Crippen LogP contribution >= 0.6 is 0 Å². The van der Waals surface area contributed by atoms with Crippen LogP contribution < -0.4 is 5.32 Å². The summed E-state index contributed by atoms with van der Waals surface area (Å²) in [6.45, 7) is 13.0. The van der Waals surface area contributed by atoms with Gasteiger partial charge in [0.2, 0.25) is 0 Å². The molecule has 2 unspecified atom stereocenters. The molecule has 1 fully saturated rings. The summed E-state index contributed by atoms with van der Waals surface area (Å²) in [6.07, 6.45) is 3.95. The van der Waals surface area contributed by atoms with Crippen LogP contribution in [-0.4, -0.2) is 36.6 Å². The van der Waals surface area contributed by atoms with E-state index in [1.807, 2.05) is 0 Å². The van der Waals surface area contributed by atoms with E-state index in [-0.39, 0.29) is 0 Å². The molecular formula is C13H28N2. The molecule has 0 bridgehead atoms. The van der Waals surface area contributed by atoms with Gasteiger partial charge in [-0.25, -0.2) is 0 Å². The molecule has 2 nitrogen and oxygen atoms in total. The number of hydrogen-bond acceptors (Lipinski definition) is 2. The maximum absolute atomic E-state index is 3.62. The molecule has 0 aromatic heterocycles. The van der Waals surface area contributed by atoms with Crippen LogP contribution in [0.3, 0.4) is 0 Å². The minimum atomic E-state index is 0.735. The van der Waals surface area contributed by atoms with Crippen LogP contribution in [0.1, 0.15) is 47.0 Å². The molecule has 0 radical (unpaired) electrons. The highest BCUT2D eigenvalue weighted by Crippen LogP contribution is 2.14. The smallest absolute Gasteiger partial charge is 0.0195 e. The van der Waals surface area contributed by atoms with Crippen molar-refractivity contribution in [3.05, 3.63) is 0 Å². The fourth-order valence-corrected chi connectivity index (χ4v) is 2.62. The molecule has 2 heteroatoms. The lowest BCUT2D eigenvalue weighted by molar-refractivity contribution is 0.134. The third kappa shape index (κ3) is 4.52. The largest absolute Gasteiger partial charge is 0.311 e. The van der Waals surface area contributed by atoms with Gasteiger partial charge in [-0.15, -0.1) is 0 Å². The van der Waals surface area contributed by atoms with Gasteiger partial charge in [-0.2, -0.15) is 0 Å². The van der Waals surface area contributed by atoms with E-state index >= 15 is 0 Å². The average Bonchev–Trinajstić information content (AvgIpc) is 2.17. The second-order valence-electron chi connectivity index (χ2n) is 5.41. The van der Waals surface area contributed by atoms with Gasteiger partial charge < -0.3 is 5.32 Å². The molecule has 1 rings (SSSR count). The van der Waals surface area contributed by atoms with Crippen LogP contribution in [0.4, 0.5) is 0 Å². The predicted octanol–water partition coefficient (Wildman–Crippen LogP) is 2.49. The first-order chi connectivity index (χ1) is 7.13. The van der Waals surface area contributed by atoms with Crippen LogP contribution in [-0.2, 0) is 0 Å². The quantitative estimate of drug-likeness (QED) is 0.753. The summed E-state index contributed by atoms with van der Waals surface area (Å²) in [4.78, 5) is 2.66. The van der Waals surface area contributed by atoms with E-state index < -0.39 is 0 Å². The highest BCUT2D eigenvalue weighted by atomic mass is 15.2. The number of piperazine rings is 1. The minimum Gasteiger partial charge on any atom is -0.311 e. The zero-order valence-electron chi connectivity index (χ0n) is 10.9. The Bertz CT molecular complexity index is 166. The zero-order valence-corrected chi connectivity index (χ0v) is 10.9. The lowest BCUT2D eigenvalue weighted by Crippen LogP contribution is -2.53. The van der Waals surface area contributed by atoms with Crippen molar-refractivity contribution in [2.24, 2.45) is 5.92 Å². The first kappa shape index (κ1) is 13.0. The molecule has 90 valence electrons. The first-order valence-corrected chi connectivity index (χ1v) is 6.61. The molecule has 0 aromatic carbocycles. The Morgan fingerprint density at radius 1 is 1.33 bits per heavy atom. The lowest BCUT2D eigenvalue weighted by atomic mass is 10.0. The van der Waals surface area contributed by atoms with Crippen molar-refractivity contribution in [1.29, 1.82) is 0 Å². The Labute approximate surface area is 95.4 Å². The van der Waals surface area contributed by atoms with E-state index in [2.05, 4.69) is 37.9 Å². The second kappa shape index (κ2) is 6.49. The molecule has 0 aliphatic carbocycles. The molecule has 15 heavy (non-hydrogen) atoms. The van der Waals surface area contributed by atoms with Crippen LogP contribution in [0.15, 0.2) is 0 Å². The molecule has 1 heterocycles. The highest BCUT2D eigenvalue weighted by Gasteiger charge is 2.22. The average molecular weight is 212 g/mol. The van der Waals surface area contributed by atoms with Crippen molar-refractivity contribution < 1.29 is 0 Å². The summed E-state index contributed by atoms with van der Waals surface area (Å²) in [5.74, 6) is 0.819. The monoisotopic (exact) mass is 212 g/mol. The van der Waals surface area contributed by atoms with Crippen LogP contribution in [0, 0.1) is 5.92 Å². The summed E-state index contributed by atoms with van der Waals surface area (Å²) in [5.41, 5.74) is 0. The molecular weight excluding hydrogens is 184 g/mol. The van der Waals surface area contributed by atoms with Gasteiger partial charge in [0.25, 0.3) is 0 Å². The first-order valence-electron chi connectivity index (χ1n) is 6.61. The van der Waals surface area contributed by atoms with Gasteiger partial charge in [-0.1, -0.05) is 27.2 Å². The Morgan fingerprint density at radius 2 is 2.07 bits per heavy atom. The van der Waals surface area contributed by atoms with Gasteiger partial charge in [0, 0.05) is 31.7 Å². The molecule has 0 aromatic rings. The number of rotatable bonds is 5. The Morgan fingerprint density at radius 3 is 2.67 bits per heavy atom. The number of nitrogens with zero attached hydrogens (tertiary/aromatic N) is 1. The highest BCUT2D eigenvalue weighted by molar-refractivity contribution is 4.81. The van der Waals surface area contributed by atoms with Gasteiger partial charge in [-0.3, -0.25) is 4.90 Å². The van der Waals surface area contributed by atoms with Crippen molar-refractivity contribution in [3.63, 3.8) is 0 Å². The van der Waals surface area contributed by atoms with Gasteiger partial charge in [0.1, 0.15) is 0 Å². The van der Waals surface area contributed by atoms with Crippen molar-refractivity contribution in [3.8, 4) is 0 Å². The SMILES string of the molecule is CCCC1CN(C(C)CC(C)C)CCN1. The van der Waals surface area contributed by atoms with E-state index in [0.717, 1.165) is 18.0 Å². The van der Waals surface area contributed by atoms with E-state index in [4.69, 9.17) is 0 Å². The van der Waals surface area contributed by atoms with Gasteiger partial charge >= 0.3 is 0 Å². The van der Waals surface area contributed by atoms with Crippen LogP contribution in [0.25, 0.3) is 0 Å². The van der Waals surface area contributed by atoms with Crippen molar-refractivity contribution in [1.82, 2.24) is 10.2 Å². The van der Waals surface area contributed by atoms with Gasteiger partial charge in [0.15, 0.2) is 0 Å². The molecule has 1 N–H and O–H groups in total. The zero-order chi connectivity index (χ0) is 11.3. The van der Waals surface area contributed by atoms with E-state index in [1.54, 1.807) is 0 Å². The summed E-state index contributed by atoms with van der Waals surface area (Å²) in [5, 5.41) is 3.62. The van der Waals surface area contributed by atoms with E-state index in [0.29, 0.717) is 0 Å². The second-order valence-corrected chi connectivity index (χ2v) is 5.41. The molecule has 0 amide bonds. The van der Waals surface area contributed by atoms with Crippen molar-refractivity contribution in [2.75, 3.05) is 19.6 Å². The van der Waals surface area contributed by atoms with Crippen LogP contribution in [0.5, 0.6) is 0 Å². The third-order valence-corrected chi connectivity index (χ3v) is 3.36. The van der Waals surface area contributed by atoms with E-state index in [9.17, 15) is 0 Å². The molecule has 1 aliphatic rings. The van der Waals surface area contributed by atoms with Gasteiger partial charge in [0.05, 0.1) is 0 Å². The summed E-state index contributed by atoms with van der Waals surface area (Å²) < 4.78 is 0. The Kier molecular flexibility index (Phi) is 5.62. The van der Waals surface area contributed by atoms with Crippen molar-refractivity contribution >= 4 is 0 Å². The Hall–Kier alpha value is -0.0800. The molecule has 1 aliphatic heterocycles. The maximum atomic E-state index is 3.62. The molecule has 0 saturated carbocycles. The van der Waals surface area contributed by atoms with Crippen molar-refractivity contribution in [2.45, 2.75) is 59.0 Å². The molecule has 2 atom stereocenters.